The first kappa shape index (κ1) is 23.4. The van der Waals surface area contributed by atoms with Gasteiger partial charge >= 0.3 is 6.09 Å². The van der Waals surface area contributed by atoms with Crippen LogP contribution in [0.1, 0.15) is 58.4 Å². The molecular weight excluding hydrogens is 406 g/mol. The highest BCUT2D eigenvalue weighted by Crippen LogP contribution is 2.48. The van der Waals surface area contributed by atoms with Crippen molar-refractivity contribution in [2.75, 3.05) is 13.1 Å². The fraction of sp³-hybridized carbons (Fsp3) is 0.652. The molecule has 0 aromatic heterocycles. The van der Waals surface area contributed by atoms with E-state index in [1.54, 1.807) is 51.1 Å². The van der Waals surface area contributed by atoms with Gasteiger partial charge in [-0.05, 0) is 45.6 Å². The Bertz CT molecular complexity index is 789. The maximum absolute atomic E-state index is 13.9. The molecule has 1 aliphatic heterocycles. The van der Waals surface area contributed by atoms with Crippen molar-refractivity contribution in [1.82, 2.24) is 10.2 Å². The van der Waals surface area contributed by atoms with Crippen molar-refractivity contribution in [3.05, 3.63) is 35.9 Å². The van der Waals surface area contributed by atoms with Crippen molar-refractivity contribution in [2.24, 2.45) is 5.92 Å². The minimum atomic E-state index is -2.88. The van der Waals surface area contributed by atoms with E-state index in [1.165, 1.54) is 4.90 Å². The lowest BCUT2D eigenvalue weighted by atomic mass is 9.78. The van der Waals surface area contributed by atoms with Crippen molar-refractivity contribution >= 4 is 12.0 Å². The number of nitrogens with zero attached hydrogens (tertiary/aromatic N) is 1. The molecule has 0 unspecified atom stereocenters. The van der Waals surface area contributed by atoms with Crippen LogP contribution in [0.15, 0.2) is 30.3 Å². The second-order valence-corrected chi connectivity index (χ2v) is 9.64. The zero-order valence-corrected chi connectivity index (χ0v) is 18.4. The number of carbonyl (C=O) groups is 2. The molecule has 0 bridgehead atoms. The Kier molecular flexibility index (Phi) is 6.60. The third-order valence-electron chi connectivity index (χ3n) is 6.04. The molecule has 1 aliphatic carbocycles. The molecule has 3 rings (SSSR count). The van der Waals surface area contributed by atoms with E-state index in [-0.39, 0.29) is 18.9 Å². The number of piperidine rings is 1. The van der Waals surface area contributed by atoms with Crippen LogP contribution in [0.5, 0.6) is 0 Å². The molecule has 2 atom stereocenters. The van der Waals surface area contributed by atoms with Gasteiger partial charge in [-0.1, -0.05) is 30.3 Å². The van der Waals surface area contributed by atoms with E-state index in [9.17, 15) is 23.5 Å². The van der Waals surface area contributed by atoms with Gasteiger partial charge in [-0.25, -0.2) is 13.6 Å². The summed E-state index contributed by atoms with van der Waals surface area (Å²) in [7, 11) is 0. The normalized spacial score (nSPS) is 23.8. The predicted molar refractivity (Wildman–Crippen MR) is 112 cm³/mol. The lowest BCUT2D eigenvalue weighted by Crippen LogP contribution is -2.55. The van der Waals surface area contributed by atoms with Crippen LogP contribution in [0.2, 0.25) is 0 Å². The smallest absolute Gasteiger partial charge is 0.407 e. The van der Waals surface area contributed by atoms with Crippen molar-refractivity contribution in [3.8, 4) is 0 Å². The highest BCUT2D eigenvalue weighted by atomic mass is 19.3. The Balaban J connectivity index is 1.70. The highest BCUT2D eigenvalue weighted by molar-refractivity contribution is 5.87. The number of aliphatic hydroxyl groups is 1. The minimum Gasteiger partial charge on any atom is -0.444 e. The van der Waals surface area contributed by atoms with Gasteiger partial charge in [0.15, 0.2) is 5.60 Å². The molecule has 31 heavy (non-hydrogen) atoms. The number of nitrogens with one attached hydrogen (secondary N) is 1. The lowest BCUT2D eigenvalue weighted by Gasteiger charge is -2.40. The molecule has 1 aromatic rings. The van der Waals surface area contributed by atoms with Crippen LogP contribution >= 0.6 is 0 Å². The van der Waals surface area contributed by atoms with Crippen molar-refractivity contribution in [1.29, 1.82) is 0 Å². The van der Waals surface area contributed by atoms with Gasteiger partial charge in [0.05, 0.1) is 0 Å². The molecule has 2 fully saturated rings. The van der Waals surface area contributed by atoms with Gasteiger partial charge in [0.1, 0.15) is 5.60 Å². The molecule has 1 aromatic carbocycles. The summed E-state index contributed by atoms with van der Waals surface area (Å²) >= 11 is 0. The first-order chi connectivity index (χ1) is 14.4. The zero-order chi connectivity index (χ0) is 22.9. The fourth-order valence-electron chi connectivity index (χ4n) is 4.47. The lowest BCUT2D eigenvalue weighted by molar-refractivity contribution is -0.161. The zero-order valence-electron chi connectivity index (χ0n) is 18.4. The average molecular weight is 439 g/mol. The Hall–Kier alpha value is -2.22. The van der Waals surface area contributed by atoms with Gasteiger partial charge in [0, 0.05) is 37.9 Å². The molecule has 2 amide bonds. The summed E-state index contributed by atoms with van der Waals surface area (Å²) < 4.78 is 33.2. The van der Waals surface area contributed by atoms with Gasteiger partial charge in [-0.15, -0.1) is 0 Å². The fourth-order valence-corrected chi connectivity index (χ4v) is 4.47. The van der Waals surface area contributed by atoms with E-state index in [4.69, 9.17) is 4.74 Å². The Morgan fingerprint density at radius 3 is 2.26 bits per heavy atom. The maximum atomic E-state index is 13.9. The second kappa shape index (κ2) is 8.73. The van der Waals surface area contributed by atoms with Crippen molar-refractivity contribution in [3.63, 3.8) is 0 Å². The quantitative estimate of drug-likeness (QED) is 0.749. The summed E-state index contributed by atoms with van der Waals surface area (Å²) in [6.45, 7) is 5.98. The molecule has 8 heteroatoms. The van der Waals surface area contributed by atoms with E-state index in [0.717, 1.165) is 0 Å². The summed E-state index contributed by atoms with van der Waals surface area (Å²) in [5.74, 6) is -4.27. The summed E-state index contributed by atoms with van der Waals surface area (Å²) in [5, 5.41) is 14.4. The Labute approximate surface area is 181 Å². The summed E-state index contributed by atoms with van der Waals surface area (Å²) in [6, 6.07) is 8.22. The number of halogens is 2. The summed E-state index contributed by atoms with van der Waals surface area (Å²) in [6.07, 6.45) is -0.275. The maximum Gasteiger partial charge on any atom is 0.407 e. The van der Waals surface area contributed by atoms with Crippen LogP contribution in [-0.2, 0) is 15.1 Å². The molecule has 1 saturated heterocycles. The van der Waals surface area contributed by atoms with E-state index in [2.05, 4.69) is 5.32 Å². The number of rotatable bonds is 4. The van der Waals surface area contributed by atoms with Gasteiger partial charge in [-0.3, -0.25) is 4.79 Å². The number of ether oxygens (including phenoxy) is 1. The van der Waals surface area contributed by atoms with Crippen LogP contribution in [-0.4, -0.2) is 52.7 Å². The Morgan fingerprint density at radius 2 is 1.74 bits per heavy atom. The summed E-state index contributed by atoms with van der Waals surface area (Å²) in [5.41, 5.74) is -2.25. The minimum absolute atomic E-state index is 0.0841. The number of amides is 2. The van der Waals surface area contributed by atoms with Crippen molar-refractivity contribution in [2.45, 2.75) is 76.0 Å². The van der Waals surface area contributed by atoms with Crippen LogP contribution in [0.25, 0.3) is 0 Å². The number of alkyl carbamates (subject to hydrolysis) is 1. The SMILES string of the molecule is CC(C)(C)OC(=O)NC1CCN(C(=O)[C@](O)(c2ccccc2)[C@@H]2CCC(F)(F)C2)CC1. The van der Waals surface area contributed by atoms with Crippen molar-refractivity contribution < 1.29 is 28.2 Å². The monoisotopic (exact) mass is 438 g/mol. The number of hydrogen-bond donors (Lipinski definition) is 2. The standard InChI is InChI=1S/C23H32F2N2O4/c1-21(2,3)31-20(29)26-18-10-13-27(14-11-18)19(28)23(30,16-7-5-4-6-8-16)17-9-12-22(24,25)15-17/h4-8,17-18,30H,9-15H2,1-3H3,(H,26,29)/t17-,23+/m1/s1. The molecule has 1 heterocycles. The third-order valence-corrected chi connectivity index (χ3v) is 6.04. The molecule has 1 saturated carbocycles. The topological polar surface area (TPSA) is 78.9 Å². The molecule has 0 spiro atoms. The predicted octanol–water partition coefficient (Wildman–Crippen LogP) is 3.83. The number of alkyl halides is 2. The first-order valence-electron chi connectivity index (χ1n) is 10.9. The largest absolute Gasteiger partial charge is 0.444 e. The number of hydrogen-bond acceptors (Lipinski definition) is 4. The van der Waals surface area contributed by atoms with Crippen LogP contribution in [0.4, 0.5) is 13.6 Å². The molecular formula is C23H32F2N2O4. The van der Waals surface area contributed by atoms with Gasteiger partial charge in [-0.2, -0.15) is 0 Å². The number of likely N-dealkylation sites (tertiary alicyclic amines) is 1. The van der Waals surface area contributed by atoms with Gasteiger partial charge < -0.3 is 20.1 Å². The average Bonchev–Trinajstić information content (AvgIpc) is 3.07. The molecule has 6 nitrogen and oxygen atoms in total. The molecule has 172 valence electrons. The van der Waals surface area contributed by atoms with E-state index in [0.29, 0.717) is 31.5 Å². The molecule has 0 radical (unpaired) electrons. The van der Waals surface area contributed by atoms with Crippen LogP contribution < -0.4 is 5.32 Å². The van der Waals surface area contributed by atoms with Gasteiger partial charge in [0.2, 0.25) is 5.92 Å². The summed E-state index contributed by atoms with van der Waals surface area (Å²) in [4.78, 5) is 27.0. The molecule has 2 N–H and O–H groups in total. The second-order valence-electron chi connectivity index (χ2n) is 9.64. The number of carbonyl (C=O) groups excluding carboxylic acids is 2. The van der Waals surface area contributed by atoms with Crippen LogP contribution in [0, 0.1) is 5.92 Å². The molecule has 2 aliphatic rings. The number of benzene rings is 1. The Morgan fingerprint density at radius 1 is 1.13 bits per heavy atom. The van der Waals surface area contributed by atoms with Gasteiger partial charge in [0.25, 0.3) is 5.91 Å². The highest BCUT2D eigenvalue weighted by Gasteiger charge is 2.54. The first-order valence-corrected chi connectivity index (χ1v) is 10.9. The third kappa shape index (κ3) is 5.53. The van der Waals surface area contributed by atoms with E-state index in [1.807, 2.05) is 0 Å². The van der Waals surface area contributed by atoms with Crippen LogP contribution in [0.3, 0.4) is 0 Å². The van der Waals surface area contributed by atoms with E-state index < -0.39 is 41.5 Å². The van der Waals surface area contributed by atoms with E-state index >= 15 is 0 Å².